The number of carbonyl (C=O) groups excluding carboxylic acids is 4. The molecule has 0 rings (SSSR count). The molecule has 0 fully saturated rings. The van der Waals surface area contributed by atoms with Gasteiger partial charge in [0.1, 0.15) is 29.5 Å². The molecular weight excluding hydrogens is 528 g/mol. The molecule has 10 heteroatoms. The maximum atomic E-state index is 13.3. The first-order valence-electron chi connectivity index (χ1n) is 15.0. The highest BCUT2D eigenvalue weighted by atomic mass is 16.5. The van der Waals surface area contributed by atoms with E-state index in [4.69, 9.17) is 18.9 Å². The lowest BCUT2D eigenvalue weighted by Crippen LogP contribution is -2.60. The fourth-order valence-corrected chi connectivity index (χ4v) is 3.57. The smallest absolute Gasteiger partial charge is 0.249 e. The van der Waals surface area contributed by atoms with Crippen LogP contribution in [0, 0.1) is 17.8 Å². The first-order chi connectivity index (χ1) is 19.1. The Bertz CT molecular complexity index is 713. The van der Waals surface area contributed by atoms with Crippen LogP contribution < -0.4 is 0 Å². The molecule has 0 N–H and O–H groups in total. The van der Waals surface area contributed by atoms with E-state index in [2.05, 4.69) is 18.7 Å². The Hall–Kier alpha value is -1.72. The lowest BCUT2D eigenvalue weighted by molar-refractivity contribution is -0.154. The van der Waals surface area contributed by atoms with Crippen LogP contribution in [0.2, 0.25) is 0 Å². The summed E-state index contributed by atoms with van der Waals surface area (Å²) in [6, 6.07) is 0.365. The number of hydrogen-bond donors (Lipinski definition) is 0. The molecule has 0 atom stereocenters. The number of hydrogen-bond acceptors (Lipinski definition) is 9. The van der Waals surface area contributed by atoms with E-state index >= 15 is 0 Å². The van der Waals surface area contributed by atoms with Crippen molar-refractivity contribution < 1.29 is 38.1 Å². The molecule has 0 unspecified atom stereocenters. The van der Waals surface area contributed by atoms with Crippen LogP contribution in [-0.2, 0) is 38.1 Å². The van der Waals surface area contributed by atoms with Crippen molar-refractivity contribution in [2.75, 3.05) is 73.5 Å². The van der Waals surface area contributed by atoms with Crippen molar-refractivity contribution >= 4 is 23.3 Å². The summed E-state index contributed by atoms with van der Waals surface area (Å²) in [4.78, 5) is 53.4. The number of nitrogens with zero attached hydrogens (tertiary/aromatic N) is 2. The Kier molecular flexibility index (Phi) is 20.2. The van der Waals surface area contributed by atoms with E-state index in [-0.39, 0.29) is 107 Å². The van der Waals surface area contributed by atoms with Crippen LogP contribution in [0.5, 0.6) is 0 Å². The lowest BCUT2D eigenvalue weighted by atomic mass is 10.00. The van der Waals surface area contributed by atoms with Gasteiger partial charge in [-0.15, -0.1) is 0 Å². The summed E-state index contributed by atoms with van der Waals surface area (Å²) >= 11 is 0. The van der Waals surface area contributed by atoms with Gasteiger partial charge in [0.25, 0.3) is 0 Å². The Morgan fingerprint density at radius 1 is 0.585 bits per heavy atom. The molecule has 0 saturated heterocycles. The highest BCUT2D eigenvalue weighted by molar-refractivity contribution is 5.81. The van der Waals surface area contributed by atoms with Crippen molar-refractivity contribution in [2.45, 2.75) is 86.2 Å². The number of amides is 1. The van der Waals surface area contributed by atoms with Gasteiger partial charge in [-0.3, -0.25) is 19.2 Å². The van der Waals surface area contributed by atoms with E-state index in [0.717, 1.165) is 0 Å². The van der Waals surface area contributed by atoms with Crippen molar-refractivity contribution in [1.29, 1.82) is 0 Å². The standard InChI is InChI=1S/C31H58N2O8/c1-23(2)27(34)11-15-39-20-31(21-40-16-12-28(35)24(3)4,22-41-17-13-29(36)25(5)6)33(10)30(37)19-38-18-14-32(9)26(7)8/h23-26H,11-22H2,1-10H3. The third kappa shape index (κ3) is 16.5. The summed E-state index contributed by atoms with van der Waals surface area (Å²) in [5, 5.41) is 0. The Balaban J connectivity index is 5.66. The molecule has 41 heavy (non-hydrogen) atoms. The SMILES string of the molecule is CC(C)C(=O)CCOCC(COCCC(=O)C(C)C)(COCCC(=O)C(C)C)N(C)C(=O)COCCN(C)C(C)C. The number of likely N-dealkylation sites (N-methyl/N-ethyl adjacent to an activating group) is 2. The zero-order valence-electron chi connectivity index (χ0n) is 27.5. The Labute approximate surface area is 248 Å². The summed E-state index contributed by atoms with van der Waals surface area (Å²) in [7, 11) is 3.65. The number of rotatable bonds is 25. The minimum Gasteiger partial charge on any atom is -0.378 e. The zero-order chi connectivity index (χ0) is 31.6. The van der Waals surface area contributed by atoms with Crippen molar-refractivity contribution in [3.05, 3.63) is 0 Å². The average molecular weight is 587 g/mol. The molecule has 1 amide bonds. The molecule has 0 spiro atoms. The molecule has 0 heterocycles. The van der Waals surface area contributed by atoms with Crippen LogP contribution in [0.25, 0.3) is 0 Å². The molecule has 0 aliphatic heterocycles. The number of ketones is 3. The maximum absolute atomic E-state index is 13.3. The van der Waals surface area contributed by atoms with Gasteiger partial charge < -0.3 is 28.7 Å². The fourth-order valence-electron chi connectivity index (χ4n) is 3.57. The van der Waals surface area contributed by atoms with E-state index in [1.54, 1.807) is 7.05 Å². The molecule has 0 radical (unpaired) electrons. The largest absolute Gasteiger partial charge is 0.378 e. The summed E-state index contributed by atoms with van der Waals surface area (Å²) in [5.74, 6) is -0.290. The molecule has 10 nitrogen and oxygen atoms in total. The predicted octanol–water partition coefficient (Wildman–Crippen LogP) is 3.44. The minimum absolute atomic E-state index is 0.0486. The third-order valence-corrected chi connectivity index (χ3v) is 7.30. The van der Waals surface area contributed by atoms with Crippen LogP contribution >= 0.6 is 0 Å². The second-order valence-electron chi connectivity index (χ2n) is 12.1. The van der Waals surface area contributed by atoms with E-state index < -0.39 is 5.54 Å². The molecule has 0 aliphatic rings. The van der Waals surface area contributed by atoms with Gasteiger partial charge in [0.15, 0.2) is 0 Å². The number of ether oxygens (including phenoxy) is 4. The summed E-state index contributed by atoms with van der Waals surface area (Å²) in [6.45, 7) is 16.9. The van der Waals surface area contributed by atoms with Crippen LogP contribution in [0.1, 0.15) is 74.7 Å². The molecule has 0 bridgehead atoms. The van der Waals surface area contributed by atoms with Crippen LogP contribution in [0.3, 0.4) is 0 Å². The third-order valence-electron chi connectivity index (χ3n) is 7.30. The van der Waals surface area contributed by atoms with Gasteiger partial charge in [0.05, 0.1) is 46.2 Å². The second kappa shape index (κ2) is 21.0. The van der Waals surface area contributed by atoms with E-state index in [1.165, 1.54) is 4.90 Å². The molecule has 240 valence electrons. The second-order valence-corrected chi connectivity index (χ2v) is 12.1. The predicted molar refractivity (Wildman–Crippen MR) is 160 cm³/mol. The minimum atomic E-state index is -1.06. The first-order valence-corrected chi connectivity index (χ1v) is 15.0. The molecule has 0 aromatic carbocycles. The normalized spacial score (nSPS) is 12.3. The van der Waals surface area contributed by atoms with Gasteiger partial charge in [0.2, 0.25) is 5.91 Å². The highest BCUT2D eigenvalue weighted by Gasteiger charge is 2.39. The van der Waals surface area contributed by atoms with Crippen LogP contribution in [-0.4, -0.2) is 118 Å². The van der Waals surface area contributed by atoms with E-state index in [1.807, 2.05) is 48.6 Å². The van der Waals surface area contributed by atoms with Gasteiger partial charge in [-0.2, -0.15) is 0 Å². The highest BCUT2D eigenvalue weighted by Crippen LogP contribution is 2.19. The Morgan fingerprint density at radius 3 is 1.27 bits per heavy atom. The molecule has 0 saturated carbocycles. The van der Waals surface area contributed by atoms with Gasteiger partial charge in [-0.05, 0) is 20.9 Å². The number of Topliss-reactive ketones (excluding diaryl/α,β-unsaturated/α-hetero) is 3. The van der Waals surface area contributed by atoms with Crippen molar-refractivity contribution in [1.82, 2.24) is 9.80 Å². The Morgan fingerprint density at radius 2 is 0.951 bits per heavy atom. The fraction of sp³-hybridized carbons (Fsp3) is 0.871. The molecular formula is C31H58N2O8. The molecule has 0 aromatic heterocycles. The lowest BCUT2D eigenvalue weighted by Gasteiger charge is -2.41. The summed E-state index contributed by atoms with van der Waals surface area (Å²) in [5.41, 5.74) is -1.06. The van der Waals surface area contributed by atoms with Gasteiger partial charge in [-0.25, -0.2) is 0 Å². The molecule has 0 aromatic rings. The van der Waals surface area contributed by atoms with Crippen molar-refractivity contribution in [3.8, 4) is 0 Å². The van der Waals surface area contributed by atoms with Crippen LogP contribution in [0.15, 0.2) is 0 Å². The summed E-state index contributed by atoms with van der Waals surface area (Å²) in [6.07, 6.45) is 0.766. The van der Waals surface area contributed by atoms with Crippen LogP contribution in [0.4, 0.5) is 0 Å². The average Bonchev–Trinajstić information content (AvgIpc) is 2.91. The number of carbonyl (C=O) groups is 4. The van der Waals surface area contributed by atoms with Gasteiger partial charge in [-0.1, -0.05) is 41.5 Å². The van der Waals surface area contributed by atoms with Gasteiger partial charge >= 0.3 is 0 Å². The zero-order valence-corrected chi connectivity index (χ0v) is 27.5. The summed E-state index contributed by atoms with van der Waals surface area (Å²) < 4.78 is 23.5. The van der Waals surface area contributed by atoms with E-state index in [0.29, 0.717) is 19.2 Å². The molecule has 0 aliphatic carbocycles. The quantitative estimate of drug-likeness (QED) is 0.149. The monoisotopic (exact) mass is 586 g/mol. The van der Waals surface area contributed by atoms with E-state index in [9.17, 15) is 19.2 Å². The van der Waals surface area contributed by atoms with Crippen molar-refractivity contribution in [2.24, 2.45) is 17.8 Å². The topological polar surface area (TPSA) is 112 Å². The maximum Gasteiger partial charge on any atom is 0.249 e. The first kappa shape index (κ1) is 39.3. The van der Waals surface area contributed by atoms with Gasteiger partial charge in [0, 0.05) is 56.7 Å². The van der Waals surface area contributed by atoms with Crippen molar-refractivity contribution in [3.63, 3.8) is 0 Å².